The highest BCUT2D eigenvalue weighted by Crippen LogP contribution is 2.36. The van der Waals surface area contributed by atoms with Crippen LogP contribution in [0.1, 0.15) is 21.5 Å². The van der Waals surface area contributed by atoms with Gasteiger partial charge in [-0.05, 0) is 42.8 Å². The van der Waals surface area contributed by atoms with Crippen LogP contribution in [-0.4, -0.2) is 23.9 Å². The van der Waals surface area contributed by atoms with Crippen LogP contribution in [0.2, 0.25) is 5.02 Å². The van der Waals surface area contributed by atoms with Crippen LogP contribution in [0.5, 0.6) is 0 Å². The van der Waals surface area contributed by atoms with Gasteiger partial charge in [0, 0.05) is 27.9 Å². The summed E-state index contributed by atoms with van der Waals surface area (Å²) in [6.07, 6.45) is -5.01. The first-order valence-corrected chi connectivity index (χ1v) is 9.43. The van der Waals surface area contributed by atoms with E-state index >= 15 is 0 Å². The average molecular weight is 455 g/mol. The van der Waals surface area contributed by atoms with E-state index in [0.717, 1.165) is 11.0 Å². The molecule has 0 saturated heterocycles. The summed E-state index contributed by atoms with van der Waals surface area (Å²) >= 11 is 6.23. The van der Waals surface area contributed by atoms with Gasteiger partial charge in [0.15, 0.2) is 0 Å². The summed E-state index contributed by atoms with van der Waals surface area (Å²) in [7, 11) is 0. The Morgan fingerprint density at radius 2 is 1.81 bits per heavy atom. The number of pyridine rings is 1. The molecule has 3 nitrogen and oxygen atoms in total. The first kappa shape index (κ1) is 22.7. The molecule has 3 aromatic rings. The smallest absolute Gasteiger partial charge is 0.300 e. The highest BCUT2D eigenvalue weighted by Gasteiger charge is 2.33. The van der Waals surface area contributed by atoms with Crippen molar-refractivity contribution in [1.29, 1.82) is 0 Å². The van der Waals surface area contributed by atoms with Gasteiger partial charge in [0.05, 0.1) is 24.0 Å². The minimum absolute atomic E-state index is 0.0102. The van der Waals surface area contributed by atoms with Crippen LogP contribution in [0.3, 0.4) is 0 Å². The zero-order valence-electron chi connectivity index (χ0n) is 16.1. The molecule has 0 bridgehead atoms. The van der Waals surface area contributed by atoms with Crippen LogP contribution in [0.4, 0.5) is 27.6 Å². The topological polar surface area (TPSA) is 33.2 Å². The second-order valence-electron chi connectivity index (χ2n) is 6.76. The van der Waals surface area contributed by atoms with Crippen molar-refractivity contribution in [1.82, 2.24) is 4.98 Å². The van der Waals surface area contributed by atoms with Gasteiger partial charge in [-0.1, -0.05) is 29.8 Å². The molecule has 0 fully saturated rings. The third kappa shape index (κ3) is 5.19. The number of aryl methyl sites for hydroxylation is 1. The zero-order chi connectivity index (χ0) is 22.8. The Morgan fingerprint density at radius 3 is 2.45 bits per heavy atom. The molecule has 0 aliphatic carbocycles. The molecule has 162 valence electrons. The summed E-state index contributed by atoms with van der Waals surface area (Å²) in [4.78, 5) is 17.8. The van der Waals surface area contributed by atoms with Gasteiger partial charge >= 0.3 is 6.18 Å². The van der Waals surface area contributed by atoms with E-state index in [1.807, 2.05) is 0 Å². The third-order valence-electron chi connectivity index (χ3n) is 4.47. The van der Waals surface area contributed by atoms with Crippen LogP contribution >= 0.6 is 11.6 Å². The maximum absolute atomic E-state index is 13.4. The van der Waals surface area contributed by atoms with Crippen molar-refractivity contribution in [3.8, 4) is 11.1 Å². The molecule has 2 aromatic carbocycles. The number of carbonyl (C=O) groups is 1. The summed E-state index contributed by atoms with van der Waals surface area (Å²) in [6, 6.07) is 10.9. The van der Waals surface area contributed by atoms with E-state index in [1.54, 1.807) is 24.3 Å². The largest absolute Gasteiger partial charge is 0.416 e. The predicted octanol–water partition coefficient (Wildman–Crippen LogP) is 6.64. The normalized spacial score (nSPS) is 11.6. The molecule has 0 unspecified atom stereocenters. The second-order valence-corrected chi connectivity index (χ2v) is 7.17. The van der Waals surface area contributed by atoms with Crippen molar-refractivity contribution in [3.05, 3.63) is 82.6 Å². The minimum atomic E-state index is -4.69. The predicted molar refractivity (Wildman–Crippen MR) is 109 cm³/mol. The van der Waals surface area contributed by atoms with E-state index in [1.165, 1.54) is 31.5 Å². The molecule has 31 heavy (non-hydrogen) atoms. The lowest BCUT2D eigenvalue weighted by Crippen LogP contribution is -2.36. The quantitative estimate of drug-likeness (QED) is 0.405. The van der Waals surface area contributed by atoms with E-state index in [2.05, 4.69) is 4.98 Å². The van der Waals surface area contributed by atoms with Crippen LogP contribution in [0, 0.1) is 6.92 Å². The number of hydrogen-bond donors (Lipinski definition) is 0. The Kier molecular flexibility index (Phi) is 6.59. The Hall–Kier alpha value is -3.00. The van der Waals surface area contributed by atoms with Crippen LogP contribution < -0.4 is 4.90 Å². The number of alkyl halides is 5. The number of benzene rings is 2. The second kappa shape index (κ2) is 9.01. The number of halogens is 6. The molecular weight excluding hydrogens is 439 g/mol. The standard InChI is InChI=1S/C22H16ClF5N2O/c1-13-8-14(10-15(9-13)22(26,27)28)21(31)30(12-20(24)25)19-11-29-7-6-17(19)16-4-2-3-5-18(16)23/h2-11,20H,12H2,1H3. The van der Waals surface area contributed by atoms with Gasteiger partial charge < -0.3 is 4.90 Å². The van der Waals surface area contributed by atoms with Gasteiger partial charge in [-0.2, -0.15) is 13.2 Å². The maximum atomic E-state index is 13.4. The molecule has 3 rings (SSSR count). The number of anilines is 1. The van der Waals surface area contributed by atoms with Gasteiger partial charge in [0.2, 0.25) is 0 Å². The van der Waals surface area contributed by atoms with Crippen molar-refractivity contribution in [2.24, 2.45) is 0 Å². The average Bonchev–Trinajstić information content (AvgIpc) is 2.71. The van der Waals surface area contributed by atoms with Crippen molar-refractivity contribution in [2.75, 3.05) is 11.4 Å². The SMILES string of the molecule is Cc1cc(C(=O)N(CC(F)F)c2cnccc2-c2ccccc2Cl)cc(C(F)(F)F)c1. The highest BCUT2D eigenvalue weighted by molar-refractivity contribution is 6.33. The summed E-state index contributed by atoms with van der Waals surface area (Å²) in [5.74, 6) is -1.00. The molecule has 0 spiro atoms. The highest BCUT2D eigenvalue weighted by atomic mass is 35.5. The van der Waals surface area contributed by atoms with Crippen molar-refractivity contribution >= 4 is 23.2 Å². The summed E-state index contributed by atoms with van der Waals surface area (Å²) < 4.78 is 66.4. The fourth-order valence-electron chi connectivity index (χ4n) is 3.16. The van der Waals surface area contributed by atoms with E-state index < -0.39 is 30.6 Å². The molecule has 1 aromatic heterocycles. The van der Waals surface area contributed by atoms with E-state index in [9.17, 15) is 26.7 Å². The summed E-state index contributed by atoms with van der Waals surface area (Å²) in [5.41, 5.74) is -0.400. The molecule has 0 aliphatic rings. The fraction of sp³-hybridized carbons (Fsp3) is 0.182. The number of rotatable bonds is 5. The Bertz CT molecular complexity index is 1100. The Morgan fingerprint density at radius 1 is 1.10 bits per heavy atom. The lowest BCUT2D eigenvalue weighted by Gasteiger charge is -2.25. The van der Waals surface area contributed by atoms with E-state index in [4.69, 9.17) is 11.6 Å². The molecule has 9 heteroatoms. The molecule has 0 N–H and O–H groups in total. The minimum Gasteiger partial charge on any atom is -0.300 e. The fourth-order valence-corrected chi connectivity index (χ4v) is 3.40. The van der Waals surface area contributed by atoms with Crippen LogP contribution in [-0.2, 0) is 6.18 Å². The lowest BCUT2D eigenvalue weighted by atomic mass is 10.0. The van der Waals surface area contributed by atoms with Gasteiger partial charge in [0.25, 0.3) is 12.3 Å². The van der Waals surface area contributed by atoms with Gasteiger partial charge in [-0.25, -0.2) is 8.78 Å². The third-order valence-corrected chi connectivity index (χ3v) is 4.80. The van der Waals surface area contributed by atoms with Crippen molar-refractivity contribution < 1.29 is 26.7 Å². The first-order chi connectivity index (χ1) is 14.6. The number of nitrogens with zero attached hydrogens (tertiary/aromatic N) is 2. The molecule has 1 heterocycles. The van der Waals surface area contributed by atoms with Gasteiger partial charge in [0.1, 0.15) is 0 Å². The Labute approximate surface area is 180 Å². The first-order valence-electron chi connectivity index (χ1n) is 9.05. The molecule has 1 amide bonds. The number of aromatic nitrogens is 1. The zero-order valence-corrected chi connectivity index (χ0v) is 16.9. The van der Waals surface area contributed by atoms with E-state index in [0.29, 0.717) is 22.2 Å². The molecular formula is C22H16ClF5N2O. The number of hydrogen-bond acceptors (Lipinski definition) is 2. The Balaban J connectivity index is 2.15. The monoisotopic (exact) mass is 454 g/mol. The van der Waals surface area contributed by atoms with Crippen LogP contribution in [0.25, 0.3) is 11.1 Å². The van der Waals surface area contributed by atoms with Crippen molar-refractivity contribution in [3.63, 3.8) is 0 Å². The number of carbonyl (C=O) groups excluding carboxylic acids is 1. The molecule has 0 saturated carbocycles. The molecule has 0 atom stereocenters. The van der Waals surface area contributed by atoms with Gasteiger partial charge in [-0.15, -0.1) is 0 Å². The number of amides is 1. The molecule has 0 radical (unpaired) electrons. The van der Waals surface area contributed by atoms with Gasteiger partial charge in [-0.3, -0.25) is 9.78 Å². The maximum Gasteiger partial charge on any atom is 0.416 e. The summed E-state index contributed by atoms with van der Waals surface area (Å²) in [6.45, 7) is 0.361. The lowest BCUT2D eigenvalue weighted by molar-refractivity contribution is -0.137. The van der Waals surface area contributed by atoms with Crippen molar-refractivity contribution in [2.45, 2.75) is 19.5 Å². The van der Waals surface area contributed by atoms with Crippen LogP contribution in [0.15, 0.2) is 60.9 Å². The summed E-state index contributed by atoms with van der Waals surface area (Å²) in [5, 5.41) is 0.314. The van der Waals surface area contributed by atoms with E-state index in [-0.39, 0.29) is 16.8 Å². The molecule has 0 aliphatic heterocycles.